The van der Waals surface area contributed by atoms with Gasteiger partial charge in [-0.05, 0) is 129 Å². The molecule has 0 heterocycles. The molecule has 0 aromatic heterocycles. The number of nitrogens with one attached hydrogen (secondary N) is 5. The first-order chi connectivity index (χ1) is 34.4. The van der Waals surface area contributed by atoms with E-state index in [0.717, 1.165) is 49.5 Å². The van der Waals surface area contributed by atoms with Crippen LogP contribution in [0.5, 0.6) is 11.5 Å². The Bertz CT molecular complexity index is 2240. The van der Waals surface area contributed by atoms with Crippen molar-refractivity contribution in [2.45, 2.75) is 153 Å². The molecule has 3 aromatic carbocycles. The molecule has 0 saturated heterocycles. The standard InChI is InChI=1S/C30H43N3O5.C22H37N3O3.2CO2.CH4O/c1-19(15-20(2)30(5,6)7)16-24-13-14-26(34)25(17-24)33-28(36)21(3)31-27(35)22(4)32-29(37)38-18-23-11-9-8-10-12-23;1-13(10-14(2)22(5,6)7)11-17-8-9-19(26)18(12-17)25-21(28)16(4)24-20(27)15(3)23;2*2-1-3;1-2/h8-14,17,19-22,34H,15-16,18H2,1-7H3,(H,31,35)(H,32,37)(H,33,36);8-9,12-16,26H,10-11,23H2,1-7H3,(H,24,27)(H,25,28);;;2H,1H3/t19-,20?,21?,22?;13-,14?,15?,16?;;;/m11.../s1. The number of hydrogen-bond acceptors (Lipinski definition) is 14. The molecule has 3 rings (SSSR count). The second-order valence-corrected chi connectivity index (χ2v) is 20.6. The highest BCUT2D eigenvalue weighted by Gasteiger charge is 2.26. The van der Waals surface area contributed by atoms with Gasteiger partial charge in [-0.1, -0.05) is 112 Å². The third-order valence-electron chi connectivity index (χ3n) is 12.1. The highest BCUT2D eigenvalue weighted by molar-refractivity contribution is 5.99. The Kier molecular flexibility index (Phi) is 33.0. The van der Waals surface area contributed by atoms with E-state index in [1.165, 1.54) is 13.8 Å². The Morgan fingerprint density at radius 1 is 0.541 bits per heavy atom. The van der Waals surface area contributed by atoms with Crippen LogP contribution in [0.4, 0.5) is 16.2 Å². The molecular weight excluding hydrogens is 953 g/mol. The lowest BCUT2D eigenvalue weighted by atomic mass is 9.76. The largest absolute Gasteiger partial charge is 0.506 e. The molecule has 0 saturated carbocycles. The maximum Gasteiger partial charge on any atom is 0.408 e. The lowest BCUT2D eigenvalue weighted by molar-refractivity contribution is -0.193. The molecule has 74 heavy (non-hydrogen) atoms. The zero-order chi connectivity index (χ0) is 57.5. The molecule has 8 atom stereocenters. The van der Waals surface area contributed by atoms with Crippen LogP contribution < -0.4 is 32.3 Å². The minimum absolute atomic E-state index is 0.00136. The summed E-state index contributed by atoms with van der Waals surface area (Å²) in [6, 6.07) is 16.4. The first-order valence-electron chi connectivity index (χ1n) is 24.4. The lowest BCUT2D eigenvalue weighted by Gasteiger charge is -2.29. The summed E-state index contributed by atoms with van der Waals surface area (Å²) in [4.78, 5) is 93.8. The fourth-order valence-electron chi connectivity index (χ4n) is 6.81. The third kappa shape index (κ3) is 29.0. The number of ether oxygens (including phenoxy) is 1. The maximum atomic E-state index is 12.7. The summed E-state index contributed by atoms with van der Waals surface area (Å²) in [6.45, 7) is 28.7. The molecule has 0 aliphatic heterocycles. The zero-order valence-corrected chi connectivity index (χ0v) is 46.0. The third-order valence-corrected chi connectivity index (χ3v) is 12.1. The molecule has 19 nitrogen and oxygen atoms in total. The van der Waals surface area contributed by atoms with Crippen LogP contribution in [0.1, 0.15) is 126 Å². The number of carbonyl (C=O) groups excluding carboxylic acids is 9. The Morgan fingerprint density at radius 3 is 1.24 bits per heavy atom. The van der Waals surface area contributed by atoms with Crippen LogP contribution >= 0.6 is 0 Å². The topological polar surface area (TPSA) is 310 Å². The molecule has 5 amide bonds. The molecule has 6 unspecified atom stereocenters. The number of nitrogens with two attached hydrogens (primary N) is 1. The van der Waals surface area contributed by atoms with Gasteiger partial charge in [0, 0.05) is 7.11 Å². The van der Waals surface area contributed by atoms with Gasteiger partial charge in [-0.15, -0.1) is 0 Å². The Hall–Kier alpha value is -6.91. The van der Waals surface area contributed by atoms with Crippen molar-refractivity contribution >= 4 is 53.4 Å². The molecule has 10 N–H and O–H groups in total. The van der Waals surface area contributed by atoms with Crippen molar-refractivity contribution in [3.05, 3.63) is 83.4 Å². The number of carbonyl (C=O) groups is 5. The quantitative estimate of drug-likeness (QED) is 0.0533. The fraction of sp³-hybridized carbons (Fsp3) is 0.545. The number of amides is 5. The number of alkyl carbamates (subject to hydrolysis) is 1. The molecule has 0 spiro atoms. The van der Waals surface area contributed by atoms with Crippen molar-refractivity contribution in [3.8, 4) is 11.5 Å². The smallest absolute Gasteiger partial charge is 0.408 e. The average Bonchev–Trinajstić information content (AvgIpc) is 3.31. The molecular formula is C55H84N6O13. The number of aliphatic hydroxyl groups is 1. The van der Waals surface area contributed by atoms with E-state index >= 15 is 0 Å². The van der Waals surface area contributed by atoms with Crippen molar-refractivity contribution in [2.24, 2.45) is 40.2 Å². The average molecular weight is 1040 g/mol. The van der Waals surface area contributed by atoms with Gasteiger partial charge in [0.25, 0.3) is 0 Å². The number of rotatable bonds is 19. The normalized spacial score (nSPS) is 13.8. The summed E-state index contributed by atoms with van der Waals surface area (Å²) in [5.74, 6) is 0.178. The second-order valence-electron chi connectivity index (χ2n) is 20.6. The van der Waals surface area contributed by atoms with Crippen molar-refractivity contribution in [1.29, 1.82) is 0 Å². The van der Waals surface area contributed by atoms with Crippen molar-refractivity contribution in [3.63, 3.8) is 0 Å². The minimum Gasteiger partial charge on any atom is -0.506 e. The van der Waals surface area contributed by atoms with Gasteiger partial charge >= 0.3 is 18.4 Å². The number of phenolic OH excluding ortho intramolecular Hbond substituents is 2. The lowest BCUT2D eigenvalue weighted by Crippen LogP contribution is -2.50. The Morgan fingerprint density at radius 2 is 0.892 bits per heavy atom. The number of phenols is 2. The molecule has 0 radical (unpaired) electrons. The van der Waals surface area contributed by atoms with Gasteiger partial charge in [0.05, 0.1) is 17.4 Å². The summed E-state index contributed by atoms with van der Waals surface area (Å²) in [5, 5.41) is 40.4. The van der Waals surface area contributed by atoms with Gasteiger partial charge in [0.15, 0.2) is 0 Å². The molecule has 3 aromatic rings. The summed E-state index contributed by atoms with van der Waals surface area (Å²) in [7, 11) is 1.00. The first-order valence-corrected chi connectivity index (χ1v) is 24.4. The van der Waals surface area contributed by atoms with Gasteiger partial charge in [0.2, 0.25) is 23.6 Å². The van der Waals surface area contributed by atoms with Crippen molar-refractivity contribution < 1.29 is 63.2 Å². The van der Waals surface area contributed by atoms with Gasteiger partial charge in [-0.25, -0.2) is 4.79 Å². The van der Waals surface area contributed by atoms with Gasteiger partial charge < -0.3 is 52.4 Å². The highest BCUT2D eigenvalue weighted by atomic mass is 16.5. The predicted octanol–water partition coefficient (Wildman–Crippen LogP) is 7.28. The molecule has 412 valence electrons. The summed E-state index contributed by atoms with van der Waals surface area (Å²) < 4.78 is 5.13. The zero-order valence-electron chi connectivity index (χ0n) is 46.0. The van der Waals surface area contributed by atoms with E-state index in [1.54, 1.807) is 38.1 Å². The Labute approximate surface area is 437 Å². The van der Waals surface area contributed by atoms with Crippen LogP contribution in [0.25, 0.3) is 0 Å². The van der Waals surface area contributed by atoms with Gasteiger partial charge in [-0.3, -0.25) is 19.2 Å². The summed E-state index contributed by atoms with van der Waals surface area (Å²) >= 11 is 0. The number of aromatic hydroxyl groups is 2. The van der Waals surface area contributed by atoms with E-state index in [-0.39, 0.29) is 41.2 Å². The molecule has 0 bridgehead atoms. The molecule has 0 aliphatic rings. The van der Waals surface area contributed by atoms with E-state index in [0.29, 0.717) is 35.0 Å². The predicted molar refractivity (Wildman–Crippen MR) is 282 cm³/mol. The van der Waals surface area contributed by atoms with Crippen LogP contribution in [0, 0.1) is 34.5 Å². The monoisotopic (exact) mass is 1040 g/mol. The van der Waals surface area contributed by atoms with E-state index in [9.17, 15) is 34.2 Å². The molecule has 0 aliphatic carbocycles. The molecule has 19 heteroatoms. The van der Waals surface area contributed by atoms with Crippen LogP contribution in [-0.4, -0.2) is 88.6 Å². The minimum atomic E-state index is -0.915. The Balaban J connectivity index is 0. The van der Waals surface area contributed by atoms with Gasteiger partial charge in [-0.2, -0.15) is 19.2 Å². The first kappa shape index (κ1) is 69.2. The highest BCUT2D eigenvalue weighted by Crippen LogP contribution is 2.34. The second kappa shape index (κ2) is 35.3. The SMILES string of the molecule is CC(N)C(=O)NC(C)C(=O)Nc1cc(C[C@H](C)CC(C)C(C)(C)C)ccc1O.CC(NC(=O)OCc1ccccc1)C(=O)NC(C)C(=O)Nc1cc(C[C@H](C)CC(C)C(C)(C)C)ccc1O.CO.O=C=O.O=C=O. The van der Waals surface area contributed by atoms with E-state index < -0.39 is 53.9 Å². The van der Waals surface area contributed by atoms with Crippen LogP contribution in [-0.2, 0) is 62.5 Å². The van der Waals surface area contributed by atoms with Crippen molar-refractivity contribution in [1.82, 2.24) is 16.0 Å². The van der Waals surface area contributed by atoms with Crippen LogP contribution in [0.2, 0.25) is 0 Å². The van der Waals surface area contributed by atoms with E-state index in [4.69, 9.17) is 34.8 Å². The van der Waals surface area contributed by atoms with Gasteiger partial charge in [0.1, 0.15) is 36.2 Å². The van der Waals surface area contributed by atoms with Crippen molar-refractivity contribution in [2.75, 3.05) is 17.7 Å². The summed E-state index contributed by atoms with van der Waals surface area (Å²) in [6.07, 6.45) is 3.62. The number of aliphatic hydroxyl groups excluding tert-OH is 1. The van der Waals surface area contributed by atoms with Crippen LogP contribution in [0.3, 0.4) is 0 Å². The number of anilines is 2. The van der Waals surface area contributed by atoms with E-state index in [2.05, 4.69) is 95.8 Å². The number of benzene rings is 3. The number of hydrogen-bond donors (Lipinski definition) is 9. The fourth-order valence-corrected chi connectivity index (χ4v) is 6.81. The van der Waals surface area contributed by atoms with Crippen LogP contribution in [0.15, 0.2) is 66.7 Å². The maximum absolute atomic E-state index is 12.7. The molecule has 0 fully saturated rings. The van der Waals surface area contributed by atoms with E-state index in [1.807, 2.05) is 42.5 Å². The summed E-state index contributed by atoms with van der Waals surface area (Å²) in [5.41, 5.74) is 9.53.